The summed E-state index contributed by atoms with van der Waals surface area (Å²) in [7, 11) is 0. The van der Waals surface area contributed by atoms with Crippen molar-refractivity contribution < 1.29 is 4.39 Å². The molecule has 21 heavy (non-hydrogen) atoms. The van der Waals surface area contributed by atoms with E-state index in [4.69, 9.17) is 11.6 Å². The summed E-state index contributed by atoms with van der Waals surface area (Å²) in [5.41, 5.74) is 1.08. The van der Waals surface area contributed by atoms with E-state index in [0.29, 0.717) is 12.0 Å². The summed E-state index contributed by atoms with van der Waals surface area (Å²) in [4.78, 5) is 2.47. The Morgan fingerprint density at radius 2 is 2.14 bits per heavy atom. The van der Waals surface area contributed by atoms with Gasteiger partial charge in [0, 0.05) is 31.2 Å². The Morgan fingerprint density at radius 3 is 2.76 bits per heavy atom. The Hall–Kier alpha value is -0.640. The molecular weight excluding hydrogens is 287 g/mol. The van der Waals surface area contributed by atoms with Crippen molar-refractivity contribution in [1.82, 2.24) is 10.2 Å². The minimum absolute atomic E-state index is 0.0957. The molecule has 0 aliphatic carbocycles. The minimum Gasteiger partial charge on any atom is -0.309 e. The quantitative estimate of drug-likeness (QED) is 0.901. The van der Waals surface area contributed by atoms with Crippen LogP contribution in [0, 0.1) is 11.7 Å². The van der Waals surface area contributed by atoms with Crippen LogP contribution < -0.4 is 5.32 Å². The Bertz CT molecular complexity index is 488. The first kappa shape index (κ1) is 16.7. The molecule has 1 unspecified atom stereocenters. The summed E-state index contributed by atoms with van der Waals surface area (Å²) in [5, 5.41) is 3.81. The van der Waals surface area contributed by atoms with Crippen molar-refractivity contribution in [3.63, 3.8) is 0 Å². The third-order valence-electron chi connectivity index (χ3n) is 4.04. The fraction of sp³-hybridized carbons (Fsp3) is 0.647. The monoisotopic (exact) mass is 312 g/mol. The second kappa shape index (κ2) is 6.64. The molecule has 2 rings (SSSR count). The molecule has 4 heteroatoms. The fourth-order valence-electron chi connectivity index (χ4n) is 3.05. The number of nitrogens with zero attached hydrogens (tertiary/aromatic N) is 1. The van der Waals surface area contributed by atoms with Crippen LogP contribution in [-0.4, -0.2) is 29.6 Å². The number of piperazine rings is 1. The van der Waals surface area contributed by atoms with Gasteiger partial charge in [-0.2, -0.15) is 0 Å². The average molecular weight is 313 g/mol. The van der Waals surface area contributed by atoms with Crippen molar-refractivity contribution in [3.8, 4) is 0 Å². The molecule has 1 aliphatic heterocycles. The van der Waals surface area contributed by atoms with Gasteiger partial charge in [0.05, 0.1) is 5.02 Å². The molecular formula is C17H26ClFN2. The van der Waals surface area contributed by atoms with E-state index < -0.39 is 0 Å². The van der Waals surface area contributed by atoms with Crippen LogP contribution in [0.2, 0.25) is 5.02 Å². The summed E-state index contributed by atoms with van der Waals surface area (Å²) in [6.45, 7) is 11.7. The third kappa shape index (κ3) is 4.67. The van der Waals surface area contributed by atoms with Gasteiger partial charge in [0.25, 0.3) is 0 Å². The van der Waals surface area contributed by atoms with Gasteiger partial charge in [0.15, 0.2) is 0 Å². The zero-order valence-electron chi connectivity index (χ0n) is 13.4. The van der Waals surface area contributed by atoms with E-state index >= 15 is 0 Å². The highest BCUT2D eigenvalue weighted by Crippen LogP contribution is 2.23. The minimum atomic E-state index is -0.330. The number of benzene rings is 1. The summed E-state index contributed by atoms with van der Waals surface area (Å²) < 4.78 is 13.6. The summed E-state index contributed by atoms with van der Waals surface area (Å²) >= 11 is 5.77. The molecule has 2 nitrogen and oxygen atoms in total. The van der Waals surface area contributed by atoms with Crippen molar-refractivity contribution in [2.75, 3.05) is 13.1 Å². The smallest absolute Gasteiger partial charge is 0.142 e. The van der Waals surface area contributed by atoms with Crippen LogP contribution in [0.15, 0.2) is 18.2 Å². The SMILES string of the molecule is CC(C)CC1CNC(C)(C)CN1Cc1ccc(Cl)c(F)c1. The lowest BCUT2D eigenvalue weighted by Gasteiger charge is -2.45. The summed E-state index contributed by atoms with van der Waals surface area (Å²) in [5.74, 6) is 0.325. The molecule has 0 spiro atoms. The molecule has 1 saturated heterocycles. The van der Waals surface area contributed by atoms with Gasteiger partial charge in [0.1, 0.15) is 5.82 Å². The van der Waals surface area contributed by atoms with Crippen molar-refractivity contribution >= 4 is 11.6 Å². The van der Waals surface area contributed by atoms with Crippen LogP contribution in [0.1, 0.15) is 39.7 Å². The lowest BCUT2D eigenvalue weighted by atomic mass is 9.93. The van der Waals surface area contributed by atoms with Gasteiger partial charge in [-0.3, -0.25) is 4.90 Å². The Balaban J connectivity index is 2.13. The predicted octanol–water partition coefficient (Wildman–Crippen LogP) is 4.08. The molecule has 1 N–H and O–H groups in total. The van der Waals surface area contributed by atoms with Crippen LogP contribution >= 0.6 is 11.6 Å². The van der Waals surface area contributed by atoms with Crippen molar-refractivity contribution in [2.45, 2.75) is 52.2 Å². The molecule has 0 aromatic heterocycles. The molecule has 1 aliphatic rings. The second-order valence-electron chi connectivity index (χ2n) is 7.20. The maximum atomic E-state index is 13.6. The van der Waals surface area contributed by atoms with Gasteiger partial charge in [-0.25, -0.2) is 4.39 Å². The van der Waals surface area contributed by atoms with Gasteiger partial charge < -0.3 is 5.32 Å². The van der Waals surface area contributed by atoms with Gasteiger partial charge in [-0.15, -0.1) is 0 Å². The lowest BCUT2D eigenvalue weighted by molar-refractivity contribution is 0.0759. The number of rotatable bonds is 4. The molecule has 1 heterocycles. The second-order valence-corrected chi connectivity index (χ2v) is 7.61. The van der Waals surface area contributed by atoms with Crippen LogP contribution in [0.4, 0.5) is 4.39 Å². The molecule has 0 bridgehead atoms. The maximum Gasteiger partial charge on any atom is 0.142 e. The highest BCUT2D eigenvalue weighted by Gasteiger charge is 2.32. The molecule has 1 aromatic carbocycles. The zero-order valence-corrected chi connectivity index (χ0v) is 14.2. The molecule has 1 aromatic rings. The standard InChI is InChI=1S/C17H26ClFN2/c1-12(2)7-14-9-20-17(3,4)11-21(14)10-13-5-6-15(18)16(19)8-13/h5-6,8,12,14,20H,7,9-11H2,1-4H3. The van der Waals surface area contributed by atoms with Crippen LogP contribution in [0.3, 0.4) is 0 Å². The highest BCUT2D eigenvalue weighted by atomic mass is 35.5. The van der Waals surface area contributed by atoms with E-state index in [2.05, 4.69) is 37.9 Å². The van der Waals surface area contributed by atoms with E-state index in [1.807, 2.05) is 6.07 Å². The highest BCUT2D eigenvalue weighted by molar-refractivity contribution is 6.30. The Labute approximate surface area is 132 Å². The van der Waals surface area contributed by atoms with Gasteiger partial charge in [-0.05, 0) is 43.9 Å². The fourth-order valence-corrected chi connectivity index (χ4v) is 3.17. The van der Waals surface area contributed by atoms with Crippen molar-refractivity contribution in [1.29, 1.82) is 0 Å². The van der Waals surface area contributed by atoms with E-state index in [1.165, 1.54) is 0 Å². The first-order valence-electron chi connectivity index (χ1n) is 7.70. The first-order chi connectivity index (χ1) is 9.77. The van der Waals surface area contributed by atoms with Crippen molar-refractivity contribution in [2.24, 2.45) is 5.92 Å². The average Bonchev–Trinajstić information content (AvgIpc) is 2.36. The van der Waals surface area contributed by atoms with Gasteiger partial charge in [-0.1, -0.05) is 31.5 Å². The van der Waals surface area contributed by atoms with Gasteiger partial charge in [0.2, 0.25) is 0 Å². The van der Waals surface area contributed by atoms with Gasteiger partial charge >= 0.3 is 0 Å². The Kier molecular flexibility index (Phi) is 5.29. The van der Waals surface area contributed by atoms with Crippen molar-refractivity contribution in [3.05, 3.63) is 34.6 Å². The molecule has 1 atom stereocenters. The topological polar surface area (TPSA) is 15.3 Å². The van der Waals surface area contributed by atoms with E-state index in [1.54, 1.807) is 12.1 Å². The first-order valence-corrected chi connectivity index (χ1v) is 8.07. The molecule has 0 amide bonds. The molecule has 0 saturated carbocycles. The summed E-state index contributed by atoms with van der Waals surface area (Å²) in [6, 6.07) is 5.63. The number of hydrogen-bond acceptors (Lipinski definition) is 2. The molecule has 0 radical (unpaired) electrons. The third-order valence-corrected chi connectivity index (χ3v) is 4.35. The molecule has 1 fully saturated rings. The normalized spacial score (nSPS) is 22.7. The van der Waals surface area contributed by atoms with E-state index in [0.717, 1.165) is 31.6 Å². The van der Waals surface area contributed by atoms with Crippen LogP contribution in [0.5, 0.6) is 0 Å². The summed E-state index contributed by atoms with van der Waals surface area (Å²) in [6.07, 6.45) is 1.15. The number of halogens is 2. The lowest BCUT2D eigenvalue weighted by Crippen LogP contribution is -2.61. The number of hydrogen-bond donors (Lipinski definition) is 1. The van der Waals surface area contributed by atoms with Crippen LogP contribution in [-0.2, 0) is 6.54 Å². The number of nitrogens with one attached hydrogen (secondary N) is 1. The maximum absolute atomic E-state index is 13.6. The van der Waals surface area contributed by atoms with Crippen LogP contribution in [0.25, 0.3) is 0 Å². The Morgan fingerprint density at radius 1 is 1.43 bits per heavy atom. The molecule has 118 valence electrons. The van der Waals surface area contributed by atoms with E-state index in [-0.39, 0.29) is 16.4 Å². The predicted molar refractivity (Wildman–Crippen MR) is 87.1 cm³/mol. The zero-order chi connectivity index (χ0) is 15.6. The van der Waals surface area contributed by atoms with E-state index in [9.17, 15) is 4.39 Å². The largest absolute Gasteiger partial charge is 0.309 e.